The van der Waals surface area contributed by atoms with E-state index in [0.29, 0.717) is 11.9 Å². The van der Waals surface area contributed by atoms with Crippen molar-refractivity contribution >= 4 is 28.4 Å². The molecule has 142 valence electrons. The van der Waals surface area contributed by atoms with Crippen molar-refractivity contribution in [1.82, 2.24) is 25.1 Å². The first kappa shape index (κ1) is 17.7. The summed E-state index contributed by atoms with van der Waals surface area (Å²) in [5, 5.41) is 7.64. The van der Waals surface area contributed by atoms with Gasteiger partial charge in [0.05, 0.1) is 17.4 Å². The van der Waals surface area contributed by atoms with Crippen molar-refractivity contribution < 1.29 is 13.2 Å². The van der Waals surface area contributed by atoms with E-state index >= 15 is 0 Å². The second kappa shape index (κ2) is 6.48. The van der Waals surface area contributed by atoms with E-state index in [1.807, 2.05) is 18.3 Å². The number of halogens is 3. The smallest absolute Gasteiger partial charge is 0.383 e. The molecular formula is C18H14F3N7. The number of nitrogens with zero attached hydrogens (tertiary/aromatic N) is 5. The van der Waals surface area contributed by atoms with E-state index in [9.17, 15) is 13.2 Å². The predicted molar refractivity (Wildman–Crippen MR) is 98.8 cm³/mol. The van der Waals surface area contributed by atoms with Gasteiger partial charge in [0.1, 0.15) is 11.4 Å². The highest BCUT2D eigenvalue weighted by molar-refractivity contribution is 5.82. The van der Waals surface area contributed by atoms with E-state index in [1.165, 1.54) is 16.2 Å². The minimum Gasteiger partial charge on any atom is -0.383 e. The first-order valence-corrected chi connectivity index (χ1v) is 8.16. The van der Waals surface area contributed by atoms with Crippen LogP contribution in [-0.4, -0.2) is 32.2 Å². The highest BCUT2D eigenvalue weighted by Gasteiger charge is 2.34. The Labute approximate surface area is 157 Å². The van der Waals surface area contributed by atoms with Crippen molar-refractivity contribution in [1.29, 1.82) is 0 Å². The van der Waals surface area contributed by atoms with Gasteiger partial charge in [-0.05, 0) is 30.3 Å². The monoisotopic (exact) mass is 385 g/mol. The molecule has 2 aliphatic rings. The molecule has 1 aromatic carbocycles. The standard InChI is InChI=1S/C13H11F3N6.C5H3N/c1-22(8-3-2-7-5-19-21-10(7)4-8)12-18-6-9(11(17)20-12)13(14,15)16;1-2-6-5-3-4(1)5/h2-6H,1H3,(H,19,21)(H2,17,18,20);1-3H. The fraction of sp³-hybridized carbons (Fsp3) is 0.111. The van der Waals surface area contributed by atoms with Crippen molar-refractivity contribution in [3.05, 3.63) is 54.5 Å². The molecule has 0 fully saturated rings. The van der Waals surface area contributed by atoms with E-state index in [4.69, 9.17) is 5.73 Å². The van der Waals surface area contributed by atoms with Gasteiger partial charge in [-0.25, -0.2) is 4.98 Å². The van der Waals surface area contributed by atoms with E-state index < -0.39 is 17.6 Å². The highest BCUT2D eigenvalue weighted by Crippen LogP contribution is 2.33. The number of hydrogen-bond acceptors (Lipinski definition) is 6. The minimum atomic E-state index is -4.57. The van der Waals surface area contributed by atoms with Crippen molar-refractivity contribution in [2.24, 2.45) is 0 Å². The molecular weight excluding hydrogens is 371 g/mol. The van der Waals surface area contributed by atoms with Crippen molar-refractivity contribution in [2.75, 3.05) is 17.7 Å². The van der Waals surface area contributed by atoms with Crippen LogP contribution in [0.4, 0.5) is 30.6 Å². The number of hydrogen-bond donors (Lipinski definition) is 2. The largest absolute Gasteiger partial charge is 0.421 e. The molecule has 0 radical (unpaired) electrons. The summed E-state index contributed by atoms with van der Waals surface area (Å²) >= 11 is 0. The lowest BCUT2D eigenvalue weighted by atomic mass is 10.2. The molecule has 7 nitrogen and oxygen atoms in total. The van der Waals surface area contributed by atoms with E-state index in [2.05, 4.69) is 31.2 Å². The number of nitrogens with two attached hydrogens (primary N) is 1. The molecule has 1 aliphatic heterocycles. The summed E-state index contributed by atoms with van der Waals surface area (Å²) in [6, 6.07) is 9.47. The van der Waals surface area contributed by atoms with Gasteiger partial charge in [-0.15, -0.1) is 0 Å². The Morgan fingerprint density at radius 1 is 1.07 bits per heavy atom. The molecule has 3 heterocycles. The Morgan fingerprint density at radius 3 is 2.46 bits per heavy atom. The maximum Gasteiger partial charge on any atom is 0.421 e. The normalized spacial score (nSPS) is 11.7. The third kappa shape index (κ3) is 3.43. The van der Waals surface area contributed by atoms with E-state index in [0.717, 1.165) is 10.9 Å². The first-order valence-electron chi connectivity index (χ1n) is 8.16. The van der Waals surface area contributed by atoms with Crippen LogP contribution >= 0.6 is 0 Å². The van der Waals surface area contributed by atoms with Gasteiger partial charge in [-0.3, -0.25) is 10.1 Å². The Morgan fingerprint density at radius 2 is 1.89 bits per heavy atom. The Balaban J connectivity index is 0.000000268. The van der Waals surface area contributed by atoms with Crippen molar-refractivity contribution in [3.8, 4) is 11.3 Å². The molecule has 0 unspecified atom stereocenters. The second-order valence-corrected chi connectivity index (χ2v) is 6.10. The molecule has 28 heavy (non-hydrogen) atoms. The van der Waals surface area contributed by atoms with Gasteiger partial charge in [0.15, 0.2) is 0 Å². The SMILES string of the molecule is CN(c1ccc2cn[nH]c2c1)c1ncc(C(F)(F)F)c(N)n1.c1cc2cc-2n1. The molecule has 0 spiro atoms. The molecule has 3 N–H and O–H groups in total. The number of benzene rings is 1. The van der Waals surface area contributed by atoms with E-state index in [1.54, 1.807) is 25.4 Å². The zero-order chi connectivity index (χ0) is 19.9. The molecule has 5 rings (SSSR count). The fourth-order valence-corrected chi connectivity index (χ4v) is 2.57. The first-order chi connectivity index (χ1) is 13.3. The third-order valence-electron chi connectivity index (χ3n) is 4.20. The van der Waals surface area contributed by atoms with Crippen LogP contribution in [0.3, 0.4) is 0 Å². The Hall–Kier alpha value is -3.69. The lowest BCUT2D eigenvalue weighted by molar-refractivity contribution is -0.137. The van der Waals surface area contributed by atoms with Gasteiger partial charge in [-0.1, -0.05) is 0 Å². The summed E-state index contributed by atoms with van der Waals surface area (Å²) in [7, 11) is 1.64. The average Bonchev–Trinajstić information content (AvgIpc) is 3.06. The van der Waals surface area contributed by atoms with E-state index in [-0.39, 0.29) is 5.95 Å². The van der Waals surface area contributed by atoms with Crippen LogP contribution in [0, 0.1) is 0 Å². The van der Waals surface area contributed by atoms with Crippen LogP contribution in [0.25, 0.3) is 22.2 Å². The number of aromatic amines is 1. The summed E-state index contributed by atoms with van der Waals surface area (Å²) in [6.45, 7) is 0. The quantitative estimate of drug-likeness (QED) is 0.480. The zero-order valence-electron chi connectivity index (χ0n) is 14.6. The maximum absolute atomic E-state index is 12.7. The number of alkyl halides is 3. The molecule has 1 aliphatic carbocycles. The summed E-state index contributed by atoms with van der Waals surface area (Å²) in [5.74, 6) is -0.531. The van der Waals surface area contributed by atoms with Gasteiger partial charge in [0.25, 0.3) is 0 Å². The number of nitrogens with one attached hydrogen (secondary N) is 1. The number of aromatic nitrogens is 5. The fourth-order valence-electron chi connectivity index (χ4n) is 2.57. The lowest BCUT2D eigenvalue weighted by Crippen LogP contribution is -2.17. The number of nitrogen functional groups attached to an aromatic ring is 1. The molecule has 0 bridgehead atoms. The summed E-state index contributed by atoms with van der Waals surface area (Å²) < 4.78 is 38.0. The lowest BCUT2D eigenvalue weighted by Gasteiger charge is -2.18. The van der Waals surface area contributed by atoms with Gasteiger partial charge < -0.3 is 10.6 Å². The topological polar surface area (TPSA) is 96.6 Å². The number of anilines is 3. The average molecular weight is 385 g/mol. The van der Waals surface area contributed by atoms with Crippen LogP contribution in [0.2, 0.25) is 0 Å². The maximum atomic E-state index is 12.7. The molecule has 3 aromatic rings. The van der Waals surface area contributed by atoms with Crippen LogP contribution in [0.5, 0.6) is 0 Å². The second-order valence-electron chi connectivity index (χ2n) is 6.10. The van der Waals surface area contributed by atoms with Crippen molar-refractivity contribution in [3.63, 3.8) is 0 Å². The Kier molecular flexibility index (Phi) is 4.10. The van der Waals surface area contributed by atoms with Crippen LogP contribution < -0.4 is 10.6 Å². The number of pyridine rings is 1. The highest BCUT2D eigenvalue weighted by atomic mass is 19.4. The van der Waals surface area contributed by atoms with Gasteiger partial charge in [0.2, 0.25) is 5.95 Å². The van der Waals surface area contributed by atoms with Crippen LogP contribution in [-0.2, 0) is 6.18 Å². The summed E-state index contributed by atoms with van der Waals surface area (Å²) in [5.41, 5.74) is 8.31. The minimum absolute atomic E-state index is 0.0735. The molecule has 0 saturated carbocycles. The van der Waals surface area contributed by atoms with Gasteiger partial charge in [0, 0.05) is 36.1 Å². The molecule has 2 aromatic heterocycles. The number of fused-ring (bicyclic) bond motifs is 2. The molecule has 0 amide bonds. The summed E-state index contributed by atoms with van der Waals surface area (Å²) in [6.07, 6.45) is -0.394. The van der Waals surface area contributed by atoms with Gasteiger partial charge >= 0.3 is 6.18 Å². The van der Waals surface area contributed by atoms with Crippen LogP contribution in [0.15, 0.2) is 48.9 Å². The third-order valence-corrected chi connectivity index (χ3v) is 4.20. The summed E-state index contributed by atoms with van der Waals surface area (Å²) in [4.78, 5) is 13.0. The van der Waals surface area contributed by atoms with Crippen molar-refractivity contribution in [2.45, 2.75) is 6.18 Å². The molecule has 0 atom stereocenters. The molecule has 0 saturated heterocycles. The zero-order valence-corrected chi connectivity index (χ0v) is 14.6. The van der Waals surface area contributed by atoms with Gasteiger partial charge in [-0.2, -0.15) is 23.3 Å². The van der Waals surface area contributed by atoms with Crippen LogP contribution in [0.1, 0.15) is 5.56 Å². The number of H-pyrrole nitrogens is 1. The molecule has 10 heteroatoms. The Bertz CT molecular complexity index is 1140. The predicted octanol–water partition coefficient (Wildman–Crippen LogP) is 3.78. The number of rotatable bonds is 2.